The summed E-state index contributed by atoms with van der Waals surface area (Å²) in [5.41, 5.74) is 5.20. The Morgan fingerprint density at radius 3 is 2.24 bits per heavy atom. The number of benzene rings is 1. The van der Waals surface area contributed by atoms with E-state index in [9.17, 15) is 0 Å². The highest BCUT2D eigenvalue weighted by Gasteiger charge is 2.06. The van der Waals surface area contributed by atoms with Gasteiger partial charge in [-0.3, -0.25) is 4.99 Å². The minimum Gasteiger partial charge on any atom is -0.258 e. The van der Waals surface area contributed by atoms with Gasteiger partial charge in [-0.2, -0.15) is 0 Å². The van der Waals surface area contributed by atoms with Crippen molar-refractivity contribution in [2.45, 2.75) is 60.8 Å². The van der Waals surface area contributed by atoms with Crippen molar-refractivity contribution in [2.75, 3.05) is 0 Å². The van der Waals surface area contributed by atoms with Crippen LogP contribution in [0.4, 0.5) is 5.69 Å². The molecule has 0 amide bonds. The zero-order chi connectivity index (χ0) is 13.3. The largest absolute Gasteiger partial charge is 0.258 e. The zero-order valence-electron chi connectivity index (χ0n) is 12.3. The molecule has 0 bridgehead atoms. The Kier molecular flexibility index (Phi) is 8.39. The van der Waals surface area contributed by atoms with E-state index >= 15 is 0 Å². The Bertz CT molecular complexity index is 351. The lowest BCUT2D eigenvalue weighted by molar-refractivity contribution is 0.875. The second-order valence-corrected chi connectivity index (χ2v) is 3.83. The maximum atomic E-state index is 4.60. The minimum atomic E-state index is 1.15. The van der Waals surface area contributed by atoms with Gasteiger partial charge >= 0.3 is 0 Å². The highest BCUT2D eigenvalue weighted by molar-refractivity contribution is 5.85. The fourth-order valence-corrected chi connectivity index (χ4v) is 1.82. The predicted octanol–water partition coefficient (Wildman–Crippen LogP) is 5.48. The molecule has 2 rings (SSSR count). The number of fused-ring (bicyclic) bond motifs is 1. The molecule has 17 heavy (non-hydrogen) atoms. The lowest BCUT2D eigenvalue weighted by Gasteiger charge is -2.02. The summed E-state index contributed by atoms with van der Waals surface area (Å²) in [6, 6.07) is 6.54. The van der Waals surface area contributed by atoms with Crippen LogP contribution in [0, 0.1) is 6.92 Å². The predicted molar refractivity (Wildman–Crippen MR) is 79.6 cm³/mol. The molecule has 0 radical (unpaired) electrons. The number of aryl methyl sites for hydroxylation is 2. The first-order valence-electron chi connectivity index (χ1n) is 6.89. The van der Waals surface area contributed by atoms with Crippen molar-refractivity contribution in [3.05, 3.63) is 29.3 Å². The molecule has 0 atom stereocenters. The number of hydrogen-bond acceptors (Lipinski definition) is 1. The first-order valence-corrected chi connectivity index (χ1v) is 6.89. The molecule has 0 spiro atoms. The summed E-state index contributed by atoms with van der Waals surface area (Å²) >= 11 is 0. The Balaban J connectivity index is 0.000000581. The number of nitrogens with zero attached hydrogens (tertiary/aromatic N) is 1. The summed E-state index contributed by atoms with van der Waals surface area (Å²) in [6.45, 7) is 12.3. The molecular formula is C16H27N. The Labute approximate surface area is 107 Å². The van der Waals surface area contributed by atoms with E-state index < -0.39 is 0 Å². The highest BCUT2D eigenvalue weighted by atomic mass is 14.7. The van der Waals surface area contributed by atoms with Crippen LogP contribution in [0.5, 0.6) is 0 Å². The summed E-state index contributed by atoms with van der Waals surface area (Å²) in [6.07, 6.45) is 3.57. The molecule has 1 aromatic carbocycles. The fraction of sp³-hybridized carbons (Fsp3) is 0.562. The highest BCUT2D eigenvalue weighted by Crippen LogP contribution is 2.25. The van der Waals surface area contributed by atoms with Gasteiger partial charge in [0, 0.05) is 5.71 Å². The lowest BCUT2D eigenvalue weighted by atomic mass is 10.0. The molecule has 1 aliphatic heterocycles. The Hall–Kier alpha value is -1.11. The van der Waals surface area contributed by atoms with Gasteiger partial charge < -0.3 is 0 Å². The van der Waals surface area contributed by atoms with Crippen LogP contribution in [-0.4, -0.2) is 5.71 Å². The van der Waals surface area contributed by atoms with E-state index in [1.54, 1.807) is 0 Å². The number of aliphatic imine (C=N–C) groups is 1. The molecule has 1 heterocycles. The molecule has 0 saturated heterocycles. The summed E-state index contributed by atoms with van der Waals surface area (Å²) in [5, 5.41) is 0. The van der Waals surface area contributed by atoms with Gasteiger partial charge in [0.25, 0.3) is 0 Å². The second kappa shape index (κ2) is 8.98. The third-order valence-corrected chi connectivity index (χ3v) is 2.53. The van der Waals surface area contributed by atoms with Crippen molar-refractivity contribution < 1.29 is 0 Å². The van der Waals surface area contributed by atoms with Crippen LogP contribution >= 0.6 is 0 Å². The maximum absolute atomic E-state index is 4.60. The van der Waals surface area contributed by atoms with Crippen molar-refractivity contribution >= 4 is 11.4 Å². The van der Waals surface area contributed by atoms with Crippen molar-refractivity contribution in [2.24, 2.45) is 4.99 Å². The SMILES string of the molecule is CC.CC.CC1=Nc2ccc(C)cc2CCC1. The van der Waals surface area contributed by atoms with Gasteiger partial charge in [-0.25, -0.2) is 0 Å². The Morgan fingerprint density at radius 1 is 0.941 bits per heavy atom. The van der Waals surface area contributed by atoms with E-state index in [0.717, 1.165) is 6.42 Å². The van der Waals surface area contributed by atoms with Gasteiger partial charge in [0.15, 0.2) is 0 Å². The van der Waals surface area contributed by atoms with Crippen molar-refractivity contribution in [3.63, 3.8) is 0 Å². The van der Waals surface area contributed by atoms with Gasteiger partial charge in [0.05, 0.1) is 5.69 Å². The average molecular weight is 233 g/mol. The molecule has 0 saturated carbocycles. The number of hydrogen-bond donors (Lipinski definition) is 0. The smallest absolute Gasteiger partial charge is 0.0661 e. The summed E-state index contributed by atoms with van der Waals surface area (Å²) in [5.74, 6) is 0. The van der Waals surface area contributed by atoms with Gasteiger partial charge in [-0.1, -0.05) is 45.4 Å². The van der Waals surface area contributed by atoms with Crippen LogP contribution in [-0.2, 0) is 6.42 Å². The summed E-state index contributed by atoms with van der Waals surface area (Å²) in [4.78, 5) is 4.60. The molecule has 1 aliphatic rings. The maximum Gasteiger partial charge on any atom is 0.0661 e. The van der Waals surface area contributed by atoms with Crippen LogP contribution in [0.1, 0.15) is 58.6 Å². The molecule has 1 nitrogen and oxygen atoms in total. The van der Waals surface area contributed by atoms with Crippen molar-refractivity contribution in [3.8, 4) is 0 Å². The van der Waals surface area contributed by atoms with Gasteiger partial charge in [-0.15, -0.1) is 0 Å². The molecule has 0 aliphatic carbocycles. The molecule has 0 unspecified atom stereocenters. The van der Waals surface area contributed by atoms with E-state index in [1.165, 1.54) is 35.4 Å². The van der Waals surface area contributed by atoms with Crippen molar-refractivity contribution in [1.29, 1.82) is 0 Å². The quantitative estimate of drug-likeness (QED) is 0.563. The van der Waals surface area contributed by atoms with Gasteiger partial charge in [0.1, 0.15) is 0 Å². The Morgan fingerprint density at radius 2 is 1.59 bits per heavy atom. The molecule has 0 aromatic heterocycles. The van der Waals surface area contributed by atoms with E-state index in [4.69, 9.17) is 0 Å². The molecule has 96 valence electrons. The lowest BCUT2D eigenvalue weighted by Crippen LogP contribution is -1.87. The third-order valence-electron chi connectivity index (χ3n) is 2.53. The summed E-state index contributed by atoms with van der Waals surface area (Å²) < 4.78 is 0. The molecule has 1 heteroatoms. The monoisotopic (exact) mass is 233 g/mol. The zero-order valence-corrected chi connectivity index (χ0v) is 12.3. The van der Waals surface area contributed by atoms with E-state index in [2.05, 4.69) is 37.0 Å². The van der Waals surface area contributed by atoms with Gasteiger partial charge in [0.2, 0.25) is 0 Å². The first kappa shape index (κ1) is 15.9. The van der Waals surface area contributed by atoms with Crippen LogP contribution in [0.15, 0.2) is 23.2 Å². The molecular weight excluding hydrogens is 206 g/mol. The molecule has 0 N–H and O–H groups in total. The van der Waals surface area contributed by atoms with Crippen LogP contribution in [0.2, 0.25) is 0 Å². The third kappa shape index (κ3) is 5.16. The number of rotatable bonds is 0. The van der Waals surface area contributed by atoms with Crippen LogP contribution in [0.25, 0.3) is 0 Å². The molecule has 1 aromatic rings. The minimum absolute atomic E-state index is 1.15. The first-order chi connectivity index (χ1) is 8.25. The fourth-order valence-electron chi connectivity index (χ4n) is 1.82. The van der Waals surface area contributed by atoms with Crippen molar-refractivity contribution in [1.82, 2.24) is 0 Å². The molecule has 0 fully saturated rings. The average Bonchev–Trinajstić information content (AvgIpc) is 2.55. The van der Waals surface area contributed by atoms with Crippen LogP contribution in [0.3, 0.4) is 0 Å². The second-order valence-electron chi connectivity index (χ2n) is 3.83. The van der Waals surface area contributed by atoms with E-state index in [1.807, 2.05) is 27.7 Å². The van der Waals surface area contributed by atoms with Gasteiger partial charge in [-0.05, 0) is 44.7 Å². The summed E-state index contributed by atoms with van der Waals surface area (Å²) in [7, 11) is 0. The van der Waals surface area contributed by atoms with E-state index in [0.29, 0.717) is 0 Å². The normalized spacial score (nSPS) is 12.9. The standard InChI is InChI=1S/C12H15N.2C2H6/c1-9-6-7-12-11(8-9)5-3-4-10(2)13-12;2*1-2/h6-8H,3-5H2,1-2H3;2*1-2H3. The topological polar surface area (TPSA) is 12.4 Å². The van der Waals surface area contributed by atoms with E-state index in [-0.39, 0.29) is 0 Å². The van der Waals surface area contributed by atoms with Crippen LogP contribution < -0.4 is 0 Å².